The van der Waals surface area contributed by atoms with E-state index in [1.54, 1.807) is 0 Å². The van der Waals surface area contributed by atoms with Crippen LogP contribution in [0.4, 0.5) is 5.82 Å². The van der Waals surface area contributed by atoms with Crippen LogP contribution in [0.5, 0.6) is 0 Å². The van der Waals surface area contributed by atoms with E-state index in [1.165, 1.54) is 7.11 Å². The topological polar surface area (TPSA) is 110 Å². The molecule has 0 radical (unpaired) electrons. The number of para-hydroxylation sites is 1. The van der Waals surface area contributed by atoms with Crippen LogP contribution in [0.1, 0.15) is 43.1 Å². The maximum Gasteiger partial charge on any atom is 0.309 e. The molecule has 0 atom stereocenters. The number of ether oxygens (including phenoxy) is 1. The summed E-state index contributed by atoms with van der Waals surface area (Å²) in [6.45, 7) is 8.06. The van der Waals surface area contributed by atoms with E-state index >= 15 is 0 Å². The molecule has 10 nitrogen and oxygen atoms in total. The third-order valence-electron chi connectivity index (χ3n) is 8.50. The molecule has 0 spiro atoms. The number of esters is 1. The predicted octanol–water partition coefficient (Wildman–Crippen LogP) is 3.89. The second-order valence-electron chi connectivity index (χ2n) is 11.8. The first-order valence-electron chi connectivity index (χ1n) is 15.7. The molecule has 0 unspecified atom stereocenters. The Bertz CT molecular complexity index is 1590. The van der Waals surface area contributed by atoms with Crippen molar-refractivity contribution in [3.63, 3.8) is 0 Å². The highest BCUT2D eigenvalue weighted by Crippen LogP contribution is 2.29. The van der Waals surface area contributed by atoms with Gasteiger partial charge in [-0.15, -0.1) is 0 Å². The zero-order valence-corrected chi connectivity index (χ0v) is 26.3. The highest BCUT2D eigenvalue weighted by atomic mass is 16.5. The number of carbonyl (C=O) groups excluding carboxylic acids is 2. The SMILES string of the molecule is CCCCc1nc2c(N)nc3ccccc3c2n1CCCN(Cc1cccc(CC(=O)OC)c1)C(=O)CN1CCN(C)CC1. The van der Waals surface area contributed by atoms with Gasteiger partial charge in [0.2, 0.25) is 5.91 Å². The summed E-state index contributed by atoms with van der Waals surface area (Å²) in [5.41, 5.74) is 10.9. The number of imidazole rings is 1. The molecule has 5 rings (SSSR count). The van der Waals surface area contributed by atoms with Crippen LogP contribution in [-0.2, 0) is 40.3 Å². The number of methoxy groups -OCH3 is 1. The number of benzene rings is 2. The maximum absolute atomic E-state index is 13.8. The van der Waals surface area contributed by atoms with Crippen molar-refractivity contribution in [2.75, 3.05) is 59.2 Å². The van der Waals surface area contributed by atoms with Gasteiger partial charge in [0, 0.05) is 57.6 Å². The van der Waals surface area contributed by atoms with Crippen LogP contribution in [0.2, 0.25) is 0 Å². The first-order valence-corrected chi connectivity index (χ1v) is 15.7. The largest absolute Gasteiger partial charge is 0.469 e. The van der Waals surface area contributed by atoms with Crippen molar-refractivity contribution in [3.8, 4) is 0 Å². The number of nitrogens with two attached hydrogens (primary N) is 1. The van der Waals surface area contributed by atoms with Gasteiger partial charge in [0.25, 0.3) is 0 Å². The summed E-state index contributed by atoms with van der Waals surface area (Å²) in [5, 5.41) is 1.04. The minimum Gasteiger partial charge on any atom is -0.469 e. The summed E-state index contributed by atoms with van der Waals surface area (Å²) in [6.07, 6.45) is 3.93. The quantitative estimate of drug-likeness (QED) is 0.231. The number of likely N-dealkylation sites (N-methyl/N-ethyl adjacent to an activating group) is 1. The molecule has 0 saturated carbocycles. The molecule has 1 aliphatic rings. The molecule has 10 heteroatoms. The van der Waals surface area contributed by atoms with Gasteiger partial charge in [0.1, 0.15) is 11.3 Å². The van der Waals surface area contributed by atoms with E-state index in [0.717, 1.165) is 90.7 Å². The highest BCUT2D eigenvalue weighted by molar-refractivity contribution is 6.06. The minimum atomic E-state index is -0.278. The number of nitrogen functional groups attached to an aromatic ring is 1. The van der Waals surface area contributed by atoms with E-state index in [2.05, 4.69) is 39.4 Å². The molecular weight excluding hydrogens is 554 g/mol. The normalized spacial score (nSPS) is 14.3. The number of rotatable bonds is 13. The lowest BCUT2D eigenvalue weighted by Crippen LogP contribution is -2.49. The molecule has 44 heavy (non-hydrogen) atoms. The Hall–Kier alpha value is -4.02. The van der Waals surface area contributed by atoms with Gasteiger partial charge in [-0.2, -0.15) is 0 Å². The van der Waals surface area contributed by atoms with Gasteiger partial charge in [0.15, 0.2) is 5.82 Å². The molecule has 0 aliphatic carbocycles. The van der Waals surface area contributed by atoms with Gasteiger partial charge in [-0.05, 0) is 37.1 Å². The average molecular weight is 600 g/mol. The number of hydrogen-bond donors (Lipinski definition) is 1. The highest BCUT2D eigenvalue weighted by Gasteiger charge is 2.22. The number of unbranched alkanes of at least 4 members (excludes halogenated alkanes) is 1. The minimum absolute atomic E-state index is 0.119. The second-order valence-corrected chi connectivity index (χ2v) is 11.8. The van der Waals surface area contributed by atoms with Crippen LogP contribution in [0, 0.1) is 0 Å². The summed E-state index contributed by atoms with van der Waals surface area (Å²) >= 11 is 0. The number of pyridine rings is 1. The zero-order valence-electron chi connectivity index (χ0n) is 26.3. The summed E-state index contributed by atoms with van der Waals surface area (Å²) in [5.74, 6) is 1.30. The van der Waals surface area contributed by atoms with Crippen molar-refractivity contribution in [2.24, 2.45) is 0 Å². The van der Waals surface area contributed by atoms with Gasteiger partial charge in [-0.3, -0.25) is 14.5 Å². The fourth-order valence-corrected chi connectivity index (χ4v) is 5.98. The van der Waals surface area contributed by atoms with Crippen molar-refractivity contribution in [3.05, 3.63) is 65.5 Å². The predicted molar refractivity (Wildman–Crippen MR) is 174 cm³/mol. The number of aromatic nitrogens is 3. The Morgan fingerprint density at radius 3 is 2.55 bits per heavy atom. The Labute approximate surface area is 259 Å². The third kappa shape index (κ3) is 7.54. The van der Waals surface area contributed by atoms with Crippen molar-refractivity contribution in [2.45, 2.75) is 52.1 Å². The van der Waals surface area contributed by atoms with Crippen molar-refractivity contribution in [1.82, 2.24) is 29.2 Å². The molecule has 2 aromatic heterocycles. The number of anilines is 1. The van der Waals surface area contributed by atoms with Gasteiger partial charge in [-0.1, -0.05) is 55.8 Å². The van der Waals surface area contributed by atoms with Gasteiger partial charge in [0.05, 0.1) is 31.1 Å². The van der Waals surface area contributed by atoms with Crippen molar-refractivity contribution < 1.29 is 14.3 Å². The summed E-state index contributed by atoms with van der Waals surface area (Å²) in [7, 11) is 3.52. The molecular formula is C34H45N7O3. The Morgan fingerprint density at radius 1 is 1.00 bits per heavy atom. The fourth-order valence-electron chi connectivity index (χ4n) is 5.98. The second kappa shape index (κ2) is 14.6. The van der Waals surface area contributed by atoms with Crippen LogP contribution in [0.25, 0.3) is 21.9 Å². The molecule has 1 fully saturated rings. The fraction of sp³-hybridized carbons (Fsp3) is 0.471. The smallest absolute Gasteiger partial charge is 0.309 e. The Balaban J connectivity index is 1.39. The molecule has 0 bridgehead atoms. The average Bonchev–Trinajstić information content (AvgIpc) is 3.40. The van der Waals surface area contributed by atoms with Crippen LogP contribution in [0.3, 0.4) is 0 Å². The van der Waals surface area contributed by atoms with Gasteiger partial charge >= 0.3 is 5.97 Å². The first-order chi connectivity index (χ1) is 21.4. The van der Waals surface area contributed by atoms with Crippen LogP contribution in [-0.4, -0.2) is 94.5 Å². The van der Waals surface area contributed by atoms with E-state index < -0.39 is 0 Å². The van der Waals surface area contributed by atoms with Crippen molar-refractivity contribution in [1.29, 1.82) is 0 Å². The van der Waals surface area contributed by atoms with Crippen LogP contribution < -0.4 is 5.73 Å². The Kier molecular flexibility index (Phi) is 10.4. The molecule has 1 amide bonds. The molecule has 3 heterocycles. The first kappa shape index (κ1) is 31.4. The van der Waals surface area contributed by atoms with Crippen LogP contribution >= 0.6 is 0 Å². The maximum atomic E-state index is 13.8. The number of fused-ring (bicyclic) bond motifs is 3. The molecule has 1 aliphatic heterocycles. The number of aryl methyl sites for hydroxylation is 2. The Morgan fingerprint density at radius 2 is 1.77 bits per heavy atom. The lowest BCUT2D eigenvalue weighted by atomic mass is 10.1. The van der Waals surface area contributed by atoms with Crippen LogP contribution in [0.15, 0.2) is 48.5 Å². The van der Waals surface area contributed by atoms with E-state index in [9.17, 15) is 9.59 Å². The molecule has 1 saturated heterocycles. The lowest BCUT2D eigenvalue weighted by molar-refractivity contribution is -0.139. The number of nitrogens with zero attached hydrogens (tertiary/aromatic N) is 6. The van der Waals surface area contributed by atoms with E-state index in [0.29, 0.717) is 32.0 Å². The standard InChI is InChI=1S/C34H45N7O3/c1-4-5-14-29-37-32-33(27-12-6-7-13-28(27)36-34(32)35)41(29)16-9-15-40(30(42)24-39-19-17-38(2)18-20-39)23-26-11-8-10-25(21-26)22-31(43)44-3/h6-8,10-13,21H,4-5,9,14-20,22-24H2,1-3H3,(H2,35,36). The number of piperazine rings is 1. The van der Waals surface area contributed by atoms with Crippen molar-refractivity contribution >= 4 is 39.6 Å². The summed E-state index contributed by atoms with van der Waals surface area (Å²) in [4.78, 5) is 41.8. The van der Waals surface area contributed by atoms with Gasteiger partial charge in [-0.25, -0.2) is 9.97 Å². The van der Waals surface area contributed by atoms with Gasteiger partial charge < -0.3 is 24.8 Å². The molecule has 4 aromatic rings. The number of amides is 1. The number of hydrogen-bond acceptors (Lipinski definition) is 8. The summed E-state index contributed by atoms with van der Waals surface area (Å²) in [6, 6.07) is 16.0. The molecule has 2 N–H and O–H groups in total. The van der Waals surface area contributed by atoms with E-state index in [-0.39, 0.29) is 18.3 Å². The summed E-state index contributed by atoms with van der Waals surface area (Å²) < 4.78 is 7.16. The number of carbonyl (C=O) groups is 2. The zero-order chi connectivity index (χ0) is 31.1. The molecule has 2 aromatic carbocycles. The van der Waals surface area contributed by atoms with E-state index in [1.807, 2.05) is 47.4 Å². The third-order valence-corrected chi connectivity index (χ3v) is 8.50. The van der Waals surface area contributed by atoms with E-state index in [4.69, 9.17) is 15.5 Å². The molecule has 234 valence electrons. The monoisotopic (exact) mass is 599 g/mol. The lowest BCUT2D eigenvalue weighted by Gasteiger charge is -2.33.